The SMILES string of the molecule is COCCN(CCOC)C(=O)N1CCC(C(=O)O)CC1. The summed E-state index contributed by atoms with van der Waals surface area (Å²) in [5, 5.41) is 8.96. The van der Waals surface area contributed by atoms with Crippen molar-refractivity contribution in [3.8, 4) is 0 Å². The van der Waals surface area contributed by atoms with E-state index in [2.05, 4.69) is 0 Å². The van der Waals surface area contributed by atoms with Crippen LogP contribution in [-0.4, -0.2) is 80.5 Å². The molecule has 1 rings (SSSR count). The molecule has 0 radical (unpaired) electrons. The van der Waals surface area contributed by atoms with Gasteiger partial charge in [-0.25, -0.2) is 4.79 Å². The molecule has 7 heteroatoms. The number of carboxylic acid groups (broad SMARTS) is 1. The Labute approximate surface area is 119 Å². The number of carbonyl (C=O) groups excluding carboxylic acids is 1. The minimum atomic E-state index is -0.771. The molecular weight excluding hydrogens is 264 g/mol. The van der Waals surface area contributed by atoms with Gasteiger partial charge in [-0.15, -0.1) is 0 Å². The Hall–Kier alpha value is -1.34. The molecule has 2 amide bonds. The highest BCUT2D eigenvalue weighted by molar-refractivity contribution is 5.75. The number of rotatable bonds is 7. The molecule has 7 nitrogen and oxygen atoms in total. The van der Waals surface area contributed by atoms with Crippen LogP contribution < -0.4 is 0 Å². The molecule has 1 heterocycles. The first kappa shape index (κ1) is 16.7. The molecule has 0 spiro atoms. The summed E-state index contributed by atoms with van der Waals surface area (Å²) in [6.07, 6.45) is 1.03. The van der Waals surface area contributed by atoms with Gasteiger partial charge in [0, 0.05) is 40.4 Å². The molecule has 0 unspecified atom stereocenters. The lowest BCUT2D eigenvalue weighted by atomic mass is 9.97. The van der Waals surface area contributed by atoms with Crippen molar-refractivity contribution in [1.82, 2.24) is 9.80 Å². The lowest BCUT2D eigenvalue weighted by Gasteiger charge is -2.34. The fraction of sp³-hybridized carbons (Fsp3) is 0.846. The molecule has 1 fully saturated rings. The topological polar surface area (TPSA) is 79.3 Å². The van der Waals surface area contributed by atoms with Gasteiger partial charge in [0.2, 0.25) is 0 Å². The number of likely N-dealkylation sites (tertiary alicyclic amines) is 1. The molecule has 116 valence electrons. The summed E-state index contributed by atoms with van der Waals surface area (Å²) >= 11 is 0. The molecule has 1 saturated heterocycles. The van der Waals surface area contributed by atoms with Crippen LogP contribution in [0.5, 0.6) is 0 Å². The number of carboxylic acids is 1. The predicted octanol–water partition coefficient (Wildman–Crippen LogP) is 0.498. The van der Waals surface area contributed by atoms with Gasteiger partial charge in [0.15, 0.2) is 0 Å². The van der Waals surface area contributed by atoms with Crippen molar-refractivity contribution >= 4 is 12.0 Å². The van der Waals surface area contributed by atoms with Gasteiger partial charge in [0.25, 0.3) is 0 Å². The summed E-state index contributed by atoms with van der Waals surface area (Å²) in [7, 11) is 3.19. The van der Waals surface area contributed by atoms with Gasteiger partial charge in [0.05, 0.1) is 19.1 Å². The number of ether oxygens (including phenoxy) is 2. The highest BCUT2D eigenvalue weighted by atomic mass is 16.5. The smallest absolute Gasteiger partial charge is 0.320 e. The van der Waals surface area contributed by atoms with Gasteiger partial charge in [-0.3, -0.25) is 4.79 Å². The van der Waals surface area contributed by atoms with Crippen molar-refractivity contribution < 1.29 is 24.2 Å². The van der Waals surface area contributed by atoms with E-state index in [1.165, 1.54) is 0 Å². The molecule has 0 aromatic rings. The van der Waals surface area contributed by atoms with Crippen LogP contribution in [0.2, 0.25) is 0 Å². The fourth-order valence-corrected chi connectivity index (χ4v) is 2.22. The third-order valence-electron chi connectivity index (χ3n) is 3.52. The van der Waals surface area contributed by atoms with Crippen molar-refractivity contribution in [3.63, 3.8) is 0 Å². The highest BCUT2D eigenvalue weighted by Crippen LogP contribution is 2.18. The van der Waals surface area contributed by atoms with Crippen LogP contribution in [0.3, 0.4) is 0 Å². The van der Waals surface area contributed by atoms with Crippen LogP contribution >= 0.6 is 0 Å². The Bertz CT molecular complexity index is 308. The first-order valence-electron chi connectivity index (χ1n) is 6.84. The summed E-state index contributed by atoms with van der Waals surface area (Å²) in [6, 6.07) is -0.0667. The molecule has 0 aliphatic carbocycles. The molecule has 0 bridgehead atoms. The molecule has 1 aliphatic heterocycles. The summed E-state index contributed by atoms with van der Waals surface area (Å²) in [5.74, 6) is -1.10. The Balaban J connectivity index is 2.49. The number of aliphatic carboxylic acids is 1. The normalized spacial score (nSPS) is 16.2. The predicted molar refractivity (Wildman–Crippen MR) is 72.7 cm³/mol. The quantitative estimate of drug-likeness (QED) is 0.738. The van der Waals surface area contributed by atoms with Gasteiger partial charge in [-0.2, -0.15) is 0 Å². The number of hydrogen-bond acceptors (Lipinski definition) is 4. The molecule has 20 heavy (non-hydrogen) atoms. The third-order valence-corrected chi connectivity index (χ3v) is 3.52. The van der Waals surface area contributed by atoms with E-state index < -0.39 is 5.97 Å². The van der Waals surface area contributed by atoms with E-state index >= 15 is 0 Å². The average Bonchev–Trinajstić information content (AvgIpc) is 2.47. The van der Waals surface area contributed by atoms with Gasteiger partial charge < -0.3 is 24.4 Å². The van der Waals surface area contributed by atoms with E-state index in [4.69, 9.17) is 14.6 Å². The number of piperidine rings is 1. The van der Waals surface area contributed by atoms with E-state index in [-0.39, 0.29) is 11.9 Å². The summed E-state index contributed by atoms with van der Waals surface area (Å²) < 4.78 is 10.0. The van der Waals surface area contributed by atoms with E-state index in [0.717, 1.165) is 0 Å². The van der Waals surface area contributed by atoms with E-state index in [0.29, 0.717) is 52.2 Å². The molecular formula is C13H24N2O5. The fourth-order valence-electron chi connectivity index (χ4n) is 2.22. The maximum atomic E-state index is 12.4. The van der Waals surface area contributed by atoms with Crippen LogP contribution in [0.25, 0.3) is 0 Å². The third kappa shape index (κ3) is 4.97. The van der Waals surface area contributed by atoms with Gasteiger partial charge in [-0.05, 0) is 12.8 Å². The second-order valence-corrected chi connectivity index (χ2v) is 4.85. The van der Waals surface area contributed by atoms with Crippen molar-refractivity contribution in [2.45, 2.75) is 12.8 Å². The molecule has 0 atom stereocenters. The van der Waals surface area contributed by atoms with Gasteiger partial charge in [0.1, 0.15) is 0 Å². The lowest BCUT2D eigenvalue weighted by molar-refractivity contribution is -0.143. The highest BCUT2D eigenvalue weighted by Gasteiger charge is 2.29. The maximum Gasteiger partial charge on any atom is 0.320 e. The largest absolute Gasteiger partial charge is 0.481 e. The van der Waals surface area contributed by atoms with Crippen molar-refractivity contribution in [3.05, 3.63) is 0 Å². The average molecular weight is 288 g/mol. The number of urea groups is 1. The van der Waals surface area contributed by atoms with E-state index in [9.17, 15) is 9.59 Å². The lowest BCUT2D eigenvalue weighted by Crippen LogP contribution is -2.49. The van der Waals surface area contributed by atoms with Gasteiger partial charge in [-0.1, -0.05) is 0 Å². The summed E-state index contributed by atoms with van der Waals surface area (Å²) in [5.41, 5.74) is 0. The minimum absolute atomic E-state index is 0.0667. The molecule has 1 N–H and O–H groups in total. The molecule has 1 aliphatic rings. The number of methoxy groups -OCH3 is 2. The number of nitrogens with zero attached hydrogens (tertiary/aromatic N) is 2. The Kier molecular flexibility index (Phi) is 7.32. The van der Waals surface area contributed by atoms with Crippen molar-refractivity contribution in [2.24, 2.45) is 5.92 Å². The molecule has 0 saturated carbocycles. The number of amides is 2. The van der Waals surface area contributed by atoms with Crippen molar-refractivity contribution in [2.75, 3.05) is 53.6 Å². The van der Waals surface area contributed by atoms with Crippen LogP contribution in [0.4, 0.5) is 4.79 Å². The first-order valence-corrected chi connectivity index (χ1v) is 6.84. The van der Waals surface area contributed by atoms with Gasteiger partial charge >= 0.3 is 12.0 Å². The molecule has 0 aromatic carbocycles. The molecule has 0 aromatic heterocycles. The zero-order valence-corrected chi connectivity index (χ0v) is 12.2. The standard InChI is InChI=1S/C13H24N2O5/c1-19-9-7-15(8-10-20-2)13(18)14-5-3-11(4-6-14)12(16)17/h11H,3-10H2,1-2H3,(H,16,17). The minimum Gasteiger partial charge on any atom is -0.481 e. The van der Waals surface area contributed by atoms with Crippen LogP contribution in [0, 0.1) is 5.92 Å². The Morgan fingerprint density at radius 3 is 2.05 bits per heavy atom. The second-order valence-electron chi connectivity index (χ2n) is 4.85. The number of carbonyl (C=O) groups is 2. The number of hydrogen-bond donors (Lipinski definition) is 1. The summed E-state index contributed by atoms with van der Waals surface area (Å²) in [4.78, 5) is 26.7. The Morgan fingerprint density at radius 1 is 1.15 bits per heavy atom. The summed E-state index contributed by atoms with van der Waals surface area (Å²) in [6.45, 7) is 2.95. The van der Waals surface area contributed by atoms with E-state index in [1.807, 2.05) is 0 Å². The first-order chi connectivity index (χ1) is 9.60. The van der Waals surface area contributed by atoms with Crippen molar-refractivity contribution in [1.29, 1.82) is 0 Å². The van der Waals surface area contributed by atoms with Crippen LogP contribution in [-0.2, 0) is 14.3 Å². The zero-order chi connectivity index (χ0) is 15.0. The maximum absolute atomic E-state index is 12.4. The zero-order valence-electron chi connectivity index (χ0n) is 12.2. The monoisotopic (exact) mass is 288 g/mol. The van der Waals surface area contributed by atoms with Crippen LogP contribution in [0.1, 0.15) is 12.8 Å². The Morgan fingerprint density at radius 2 is 1.65 bits per heavy atom. The van der Waals surface area contributed by atoms with E-state index in [1.54, 1.807) is 24.0 Å². The van der Waals surface area contributed by atoms with Crippen LogP contribution in [0.15, 0.2) is 0 Å². The second kappa shape index (κ2) is 8.76.